The van der Waals surface area contributed by atoms with Gasteiger partial charge in [0, 0.05) is 28.5 Å². The van der Waals surface area contributed by atoms with Crippen LogP contribution in [0.5, 0.6) is 0 Å². The summed E-state index contributed by atoms with van der Waals surface area (Å²) >= 11 is 0. The van der Waals surface area contributed by atoms with Gasteiger partial charge < -0.3 is 21.4 Å². The number of amides is 1. The number of nitrogens with one attached hydrogen (secondary N) is 2. The summed E-state index contributed by atoms with van der Waals surface area (Å²) in [6.07, 6.45) is 3.90. The van der Waals surface area contributed by atoms with Crippen molar-refractivity contribution in [2.24, 2.45) is 16.0 Å². The third-order valence-electron chi connectivity index (χ3n) is 5.63. The highest BCUT2D eigenvalue weighted by Gasteiger charge is 2.15. The molecule has 0 bridgehead atoms. The van der Waals surface area contributed by atoms with E-state index in [-0.39, 0.29) is 10.7 Å². The third kappa shape index (κ3) is 7.45. The lowest BCUT2D eigenvalue weighted by molar-refractivity contribution is 0.209. The van der Waals surface area contributed by atoms with Gasteiger partial charge in [-0.15, -0.1) is 0 Å². The van der Waals surface area contributed by atoms with Crippen molar-refractivity contribution in [3.63, 3.8) is 0 Å². The zero-order chi connectivity index (χ0) is 26.1. The molecule has 1 aliphatic rings. The number of primary sulfonamides is 1. The summed E-state index contributed by atoms with van der Waals surface area (Å²) < 4.78 is 23.1. The lowest BCUT2D eigenvalue weighted by Crippen LogP contribution is -2.16. The topological polar surface area (TPSA) is 180 Å². The molecule has 0 unspecified atom stereocenters. The smallest absolute Gasteiger partial charge is 0.409 e. The summed E-state index contributed by atoms with van der Waals surface area (Å²) in [5, 5.41) is 31.0. The first-order valence-corrected chi connectivity index (χ1v) is 12.8. The number of hydrogen-bond donors (Lipinski definition) is 6. The van der Waals surface area contributed by atoms with Crippen LogP contribution in [0.2, 0.25) is 0 Å². The lowest BCUT2D eigenvalue weighted by atomic mass is 10.1. The van der Waals surface area contributed by atoms with E-state index in [9.17, 15) is 13.2 Å². The van der Waals surface area contributed by atoms with E-state index in [0.29, 0.717) is 22.9 Å². The van der Waals surface area contributed by atoms with Crippen molar-refractivity contribution < 1.29 is 23.5 Å². The van der Waals surface area contributed by atoms with E-state index in [1.165, 1.54) is 31.7 Å². The minimum Gasteiger partial charge on any atom is -0.465 e. The molecule has 10 nitrogen and oxygen atoms in total. The molecule has 0 aliphatic heterocycles. The van der Waals surface area contributed by atoms with Crippen LogP contribution in [0.25, 0.3) is 11.1 Å². The van der Waals surface area contributed by atoms with Crippen molar-refractivity contribution in [3.8, 4) is 11.1 Å². The number of oxime groups is 1. The zero-order valence-electron chi connectivity index (χ0n) is 19.5. The van der Waals surface area contributed by atoms with Gasteiger partial charge in [0.05, 0.1) is 4.90 Å². The van der Waals surface area contributed by atoms with Crippen molar-refractivity contribution in [3.05, 3.63) is 78.4 Å². The predicted octanol–water partition coefficient (Wildman–Crippen LogP) is 4.23. The highest BCUT2D eigenvalue weighted by molar-refractivity contribution is 7.89. The Kier molecular flexibility index (Phi) is 8.87. The first-order chi connectivity index (χ1) is 17.2. The molecule has 4 rings (SSSR count). The molecule has 0 radical (unpaired) electrons. The Morgan fingerprint density at radius 3 is 2.22 bits per heavy atom. The summed E-state index contributed by atoms with van der Waals surface area (Å²) in [6, 6.07) is 20.9. The maximum absolute atomic E-state index is 11.5. The maximum Gasteiger partial charge on any atom is 0.409 e. The number of benzene rings is 3. The Labute approximate surface area is 209 Å². The first kappa shape index (κ1) is 26.5. The van der Waals surface area contributed by atoms with Crippen LogP contribution in [0.15, 0.2) is 82.8 Å². The van der Waals surface area contributed by atoms with Gasteiger partial charge in [0.1, 0.15) is 0 Å². The quantitative estimate of drug-likeness (QED) is 0.124. The standard InChI is InChI=1S/C13H12N2O4S.C12H17N3O/c14-20(18,19)12-4-2-1-3-11(12)9-5-7-10(8-6-9)15-13(16)17;13-12(15-16)9-4-3-7-11(8-9)14-10-5-1-2-6-10/h1-8,15H,(H,16,17)(H2,14,18,19);3-4,7-8,10,14,16H,1-2,5-6H2,(H2,13,15). The van der Waals surface area contributed by atoms with Crippen LogP contribution < -0.4 is 21.5 Å². The first-order valence-electron chi connectivity index (χ1n) is 11.2. The zero-order valence-corrected chi connectivity index (χ0v) is 20.3. The molecule has 3 aromatic carbocycles. The van der Waals surface area contributed by atoms with Crippen molar-refractivity contribution in [1.29, 1.82) is 0 Å². The molecule has 1 aliphatic carbocycles. The summed E-state index contributed by atoms with van der Waals surface area (Å²) in [4.78, 5) is 10.5. The number of rotatable bonds is 6. The van der Waals surface area contributed by atoms with Crippen molar-refractivity contribution in [2.45, 2.75) is 36.6 Å². The molecule has 0 aromatic heterocycles. The van der Waals surface area contributed by atoms with E-state index < -0.39 is 16.1 Å². The van der Waals surface area contributed by atoms with Gasteiger partial charge in [-0.25, -0.2) is 18.4 Å². The molecular formula is C25H29N5O5S. The fourth-order valence-corrected chi connectivity index (χ4v) is 4.70. The molecule has 8 N–H and O–H groups in total. The fourth-order valence-electron chi connectivity index (χ4n) is 3.94. The molecule has 190 valence electrons. The number of nitrogens with zero attached hydrogens (tertiary/aromatic N) is 1. The molecule has 1 saturated carbocycles. The van der Waals surface area contributed by atoms with Crippen LogP contribution in [0.3, 0.4) is 0 Å². The van der Waals surface area contributed by atoms with Crippen LogP contribution in [0.4, 0.5) is 16.2 Å². The molecule has 1 amide bonds. The van der Waals surface area contributed by atoms with E-state index in [0.717, 1.165) is 11.3 Å². The molecule has 0 spiro atoms. The fraction of sp³-hybridized carbons (Fsp3) is 0.200. The minimum absolute atomic E-state index is 0.0268. The molecule has 11 heteroatoms. The minimum atomic E-state index is -3.82. The van der Waals surface area contributed by atoms with Gasteiger partial charge in [-0.2, -0.15) is 0 Å². The Bertz CT molecular complexity index is 1320. The summed E-state index contributed by atoms with van der Waals surface area (Å²) in [6.45, 7) is 0. The Morgan fingerprint density at radius 2 is 1.61 bits per heavy atom. The van der Waals surface area contributed by atoms with E-state index in [1.807, 2.05) is 24.3 Å². The van der Waals surface area contributed by atoms with Gasteiger partial charge in [0.15, 0.2) is 5.84 Å². The molecule has 0 saturated heterocycles. The maximum atomic E-state index is 11.5. The molecule has 3 aromatic rings. The number of amidine groups is 1. The van der Waals surface area contributed by atoms with Gasteiger partial charge in [-0.05, 0) is 48.7 Å². The van der Waals surface area contributed by atoms with Crippen LogP contribution in [0, 0.1) is 0 Å². The number of hydrogen-bond acceptors (Lipinski definition) is 6. The van der Waals surface area contributed by atoms with Gasteiger partial charge in [0.2, 0.25) is 10.0 Å². The Balaban J connectivity index is 0.000000205. The number of sulfonamides is 1. The summed E-state index contributed by atoms with van der Waals surface area (Å²) in [5.74, 6) is 0.148. The molecular weight excluding hydrogens is 482 g/mol. The van der Waals surface area contributed by atoms with Crippen LogP contribution in [0.1, 0.15) is 31.2 Å². The average molecular weight is 512 g/mol. The number of carboxylic acid groups (broad SMARTS) is 1. The normalized spacial score (nSPS) is 14.0. The van der Waals surface area contributed by atoms with Gasteiger partial charge in [0.25, 0.3) is 0 Å². The van der Waals surface area contributed by atoms with E-state index in [1.54, 1.807) is 42.5 Å². The van der Waals surface area contributed by atoms with E-state index in [4.69, 9.17) is 21.2 Å². The highest BCUT2D eigenvalue weighted by atomic mass is 32.2. The molecule has 0 heterocycles. The Morgan fingerprint density at radius 1 is 0.944 bits per heavy atom. The van der Waals surface area contributed by atoms with Crippen molar-refractivity contribution in [2.75, 3.05) is 10.6 Å². The van der Waals surface area contributed by atoms with Crippen LogP contribution in [-0.4, -0.2) is 36.7 Å². The molecule has 1 fully saturated rings. The van der Waals surface area contributed by atoms with Gasteiger partial charge in [-0.3, -0.25) is 5.32 Å². The number of anilines is 2. The number of carbonyl (C=O) groups is 1. The second kappa shape index (κ2) is 12.0. The SMILES string of the molecule is NC(=NO)c1cccc(NC2CCCC2)c1.NS(=O)(=O)c1ccccc1-c1ccc(NC(=O)O)cc1. The second-order valence-electron chi connectivity index (χ2n) is 8.24. The largest absolute Gasteiger partial charge is 0.465 e. The molecule has 36 heavy (non-hydrogen) atoms. The second-order valence-corrected chi connectivity index (χ2v) is 9.77. The van der Waals surface area contributed by atoms with Gasteiger partial charge in [-0.1, -0.05) is 60.5 Å². The van der Waals surface area contributed by atoms with E-state index >= 15 is 0 Å². The summed E-state index contributed by atoms with van der Waals surface area (Å²) in [7, 11) is -3.82. The van der Waals surface area contributed by atoms with Crippen molar-refractivity contribution >= 4 is 33.3 Å². The van der Waals surface area contributed by atoms with Crippen molar-refractivity contribution in [1.82, 2.24) is 0 Å². The van der Waals surface area contributed by atoms with E-state index in [2.05, 4.69) is 15.8 Å². The highest BCUT2D eigenvalue weighted by Crippen LogP contribution is 2.27. The monoisotopic (exact) mass is 511 g/mol. The lowest BCUT2D eigenvalue weighted by Gasteiger charge is -2.14. The van der Waals surface area contributed by atoms with Crippen LogP contribution >= 0.6 is 0 Å². The Hall–Kier alpha value is -4.09. The molecule has 0 atom stereocenters. The third-order valence-corrected chi connectivity index (χ3v) is 6.60. The van der Waals surface area contributed by atoms with Crippen LogP contribution in [-0.2, 0) is 10.0 Å². The summed E-state index contributed by atoms with van der Waals surface area (Å²) in [5.41, 5.74) is 8.82. The predicted molar refractivity (Wildman–Crippen MR) is 140 cm³/mol. The average Bonchev–Trinajstić information content (AvgIpc) is 3.37. The van der Waals surface area contributed by atoms with Gasteiger partial charge >= 0.3 is 6.09 Å². The number of nitrogens with two attached hydrogens (primary N) is 2.